The number of benzene rings is 2. The zero-order chi connectivity index (χ0) is 22.2. The largest absolute Gasteiger partial charge is 0.496 e. The Morgan fingerprint density at radius 3 is 2.52 bits per heavy atom. The van der Waals surface area contributed by atoms with Gasteiger partial charge in [0.2, 0.25) is 0 Å². The van der Waals surface area contributed by atoms with Crippen molar-refractivity contribution in [3.8, 4) is 5.75 Å². The highest BCUT2D eigenvalue weighted by atomic mass is 16.5. The molecule has 0 aromatic heterocycles. The SMILES string of the molecule is CCN(CC)CCNC(=O)c1ccc(N2C=CCN(c3ccccc3)C2=O)cc1OC. The lowest BCUT2D eigenvalue weighted by Gasteiger charge is -2.31. The van der Waals surface area contributed by atoms with Crippen molar-refractivity contribution >= 4 is 23.3 Å². The van der Waals surface area contributed by atoms with Gasteiger partial charge in [0.1, 0.15) is 5.75 Å². The van der Waals surface area contributed by atoms with E-state index in [1.165, 1.54) is 7.11 Å². The lowest BCUT2D eigenvalue weighted by Crippen LogP contribution is -2.44. The van der Waals surface area contributed by atoms with E-state index in [0.29, 0.717) is 30.1 Å². The average molecular weight is 423 g/mol. The number of anilines is 2. The van der Waals surface area contributed by atoms with Crippen LogP contribution in [-0.4, -0.2) is 56.7 Å². The van der Waals surface area contributed by atoms with Crippen LogP contribution < -0.4 is 19.9 Å². The minimum Gasteiger partial charge on any atom is -0.496 e. The Balaban J connectivity index is 1.75. The van der Waals surface area contributed by atoms with Gasteiger partial charge in [-0.1, -0.05) is 32.0 Å². The number of urea groups is 1. The molecule has 0 saturated heterocycles. The summed E-state index contributed by atoms with van der Waals surface area (Å²) in [6.45, 7) is 7.95. The number of rotatable bonds is 9. The number of methoxy groups -OCH3 is 1. The maximum absolute atomic E-state index is 13.1. The van der Waals surface area contributed by atoms with Crippen LogP contribution in [0, 0.1) is 0 Å². The van der Waals surface area contributed by atoms with Crippen molar-refractivity contribution in [3.63, 3.8) is 0 Å². The molecule has 1 heterocycles. The Morgan fingerprint density at radius 1 is 1.10 bits per heavy atom. The van der Waals surface area contributed by atoms with E-state index in [2.05, 4.69) is 24.1 Å². The summed E-state index contributed by atoms with van der Waals surface area (Å²) in [5.74, 6) is 0.234. The summed E-state index contributed by atoms with van der Waals surface area (Å²) in [6.07, 6.45) is 3.68. The number of carbonyl (C=O) groups excluding carboxylic acids is 2. The Hall–Kier alpha value is -3.32. The van der Waals surface area contributed by atoms with Gasteiger partial charge in [0.05, 0.1) is 18.4 Å². The van der Waals surface area contributed by atoms with Gasteiger partial charge in [-0.15, -0.1) is 0 Å². The van der Waals surface area contributed by atoms with Crippen LogP contribution in [0.5, 0.6) is 5.75 Å². The van der Waals surface area contributed by atoms with Crippen LogP contribution in [0.2, 0.25) is 0 Å². The van der Waals surface area contributed by atoms with Crippen molar-refractivity contribution < 1.29 is 14.3 Å². The molecule has 1 aliphatic heterocycles. The number of amides is 3. The standard InChI is InChI=1S/C24H30N4O3/c1-4-26(5-2)17-14-25-23(29)21-13-12-20(18-22(21)31-3)28-16-9-15-27(24(28)30)19-10-7-6-8-11-19/h6-13,16,18H,4-5,14-15,17H2,1-3H3,(H,25,29). The maximum Gasteiger partial charge on any atom is 0.333 e. The molecule has 0 fully saturated rings. The van der Waals surface area contributed by atoms with Gasteiger partial charge in [0.15, 0.2) is 0 Å². The summed E-state index contributed by atoms with van der Waals surface area (Å²) in [6, 6.07) is 14.6. The highest BCUT2D eigenvalue weighted by Crippen LogP contribution is 2.29. The first kappa shape index (κ1) is 22.4. The minimum atomic E-state index is -0.193. The Kier molecular flexibility index (Phi) is 7.67. The van der Waals surface area contributed by atoms with E-state index in [1.54, 1.807) is 34.2 Å². The second kappa shape index (κ2) is 10.6. The summed E-state index contributed by atoms with van der Waals surface area (Å²) < 4.78 is 5.47. The molecule has 3 rings (SSSR count). The van der Waals surface area contributed by atoms with Crippen molar-refractivity contribution in [2.75, 3.05) is 49.6 Å². The summed E-state index contributed by atoms with van der Waals surface area (Å²) in [4.78, 5) is 31.2. The summed E-state index contributed by atoms with van der Waals surface area (Å²) in [5.41, 5.74) is 1.91. The van der Waals surface area contributed by atoms with Crippen LogP contribution in [-0.2, 0) is 0 Å². The molecule has 0 spiro atoms. The summed E-state index contributed by atoms with van der Waals surface area (Å²) in [7, 11) is 1.52. The third kappa shape index (κ3) is 5.24. The van der Waals surface area contributed by atoms with Gasteiger partial charge >= 0.3 is 6.03 Å². The van der Waals surface area contributed by atoms with E-state index in [9.17, 15) is 9.59 Å². The number of ether oxygens (including phenoxy) is 1. The van der Waals surface area contributed by atoms with E-state index < -0.39 is 0 Å². The smallest absolute Gasteiger partial charge is 0.333 e. The number of hydrogen-bond acceptors (Lipinski definition) is 4. The molecule has 164 valence electrons. The molecular weight excluding hydrogens is 392 g/mol. The van der Waals surface area contributed by atoms with E-state index in [1.807, 2.05) is 36.4 Å². The molecule has 0 atom stereocenters. The van der Waals surface area contributed by atoms with Crippen LogP contribution in [0.15, 0.2) is 60.8 Å². The van der Waals surface area contributed by atoms with Crippen LogP contribution in [0.4, 0.5) is 16.2 Å². The van der Waals surface area contributed by atoms with Crippen LogP contribution >= 0.6 is 0 Å². The van der Waals surface area contributed by atoms with Crippen molar-refractivity contribution in [1.82, 2.24) is 10.2 Å². The van der Waals surface area contributed by atoms with Crippen LogP contribution in [0.3, 0.4) is 0 Å². The summed E-state index contributed by atoms with van der Waals surface area (Å²) >= 11 is 0. The molecule has 0 aliphatic carbocycles. The molecule has 0 bridgehead atoms. The Labute approximate surface area is 183 Å². The van der Waals surface area contributed by atoms with Gasteiger partial charge in [-0.2, -0.15) is 0 Å². The highest BCUT2D eigenvalue weighted by molar-refractivity contribution is 6.06. The Morgan fingerprint density at radius 2 is 1.84 bits per heavy atom. The number of nitrogens with zero attached hydrogens (tertiary/aromatic N) is 3. The topological polar surface area (TPSA) is 65.1 Å². The molecule has 0 saturated carbocycles. The van der Waals surface area contributed by atoms with Gasteiger partial charge in [0.25, 0.3) is 5.91 Å². The van der Waals surface area contributed by atoms with Gasteiger partial charge in [-0.25, -0.2) is 4.79 Å². The fourth-order valence-electron chi connectivity index (χ4n) is 3.53. The maximum atomic E-state index is 13.1. The minimum absolute atomic E-state index is 0.160. The predicted molar refractivity (Wildman–Crippen MR) is 124 cm³/mol. The number of carbonyl (C=O) groups is 2. The number of likely N-dealkylation sites (N-methyl/N-ethyl adjacent to an activating group) is 1. The molecule has 7 nitrogen and oxygen atoms in total. The molecule has 1 aliphatic rings. The second-order valence-electron chi connectivity index (χ2n) is 7.15. The first-order valence-corrected chi connectivity index (χ1v) is 10.6. The monoisotopic (exact) mass is 422 g/mol. The molecule has 0 unspecified atom stereocenters. The van der Waals surface area contributed by atoms with Gasteiger partial charge in [-0.05, 0) is 43.4 Å². The van der Waals surface area contributed by atoms with Crippen molar-refractivity contribution in [3.05, 3.63) is 66.4 Å². The Bertz CT molecular complexity index is 926. The van der Waals surface area contributed by atoms with E-state index in [0.717, 1.165) is 25.3 Å². The fraction of sp³-hybridized carbons (Fsp3) is 0.333. The molecular formula is C24H30N4O3. The molecule has 7 heteroatoms. The van der Waals surface area contributed by atoms with E-state index >= 15 is 0 Å². The quantitative estimate of drug-likeness (QED) is 0.669. The van der Waals surface area contributed by atoms with E-state index in [-0.39, 0.29) is 11.9 Å². The fourth-order valence-corrected chi connectivity index (χ4v) is 3.53. The number of nitrogens with one attached hydrogen (secondary N) is 1. The highest BCUT2D eigenvalue weighted by Gasteiger charge is 2.26. The first-order valence-electron chi connectivity index (χ1n) is 10.6. The molecule has 31 heavy (non-hydrogen) atoms. The van der Waals surface area contributed by atoms with Crippen molar-refractivity contribution in [2.24, 2.45) is 0 Å². The second-order valence-corrected chi connectivity index (χ2v) is 7.15. The number of para-hydroxylation sites is 1. The van der Waals surface area contributed by atoms with Gasteiger partial charge in [-0.3, -0.25) is 14.6 Å². The first-order chi connectivity index (χ1) is 15.1. The number of hydrogen-bond donors (Lipinski definition) is 1. The predicted octanol–water partition coefficient (Wildman–Crippen LogP) is 3.73. The normalized spacial score (nSPS) is 13.6. The third-order valence-corrected chi connectivity index (χ3v) is 5.36. The van der Waals surface area contributed by atoms with Crippen molar-refractivity contribution in [2.45, 2.75) is 13.8 Å². The van der Waals surface area contributed by atoms with Crippen LogP contribution in [0.25, 0.3) is 0 Å². The molecule has 1 N–H and O–H groups in total. The van der Waals surface area contributed by atoms with Crippen LogP contribution in [0.1, 0.15) is 24.2 Å². The molecule has 2 aromatic rings. The van der Waals surface area contributed by atoms with Crippen molar-refractivity contribution in [1.29, 1.82) is 0 Å². The average Bonchev–Trinajstić information content (AvgIpc) is 2.82. The lowest BCUT2D eigenvalue weighted by molar-refractivity contribution is 0.0946. The van der Waals surface area contributed by atoms with Gasteiger partial charge in [0, 0.05) is 37.6 Å². The van der Waals surface area contributed by atoms with E-state index in [4.69, 9.17) is 4.74 Å². The molecule has 3 amide bonds. The lowest BCUT2D eigenvalue weighted by atomic mass is 10.1. The summed E-state index contributed by atoms with van der Waals surface area (Å²) in [5, 5.41) is 2.95. The zero-order valence-corrected chi connectivity index (χ0v) is 18.4. The zero-order valence-electron chi connectivity index (χ0n) is 18.4. The van der Waals surface area contributed by atoms with Gasteiger partial charge < -0.3 is 15.0 Å². The molecule has 2 aromatic carbocycles. The molecule has 0 radical (unpaired) electrons. The third-order valence-electron chi connectivity index (χ3n) is 5.36.